The molecule has 0 unspecified atom stereocenters. The summed E-state index contributed by atoms with van der Waals surface area (Å²) < 4.78 is 39.5. The van der Waals surface area contributed by atoms with Crippen molar-refractivity contribution in [2.24, 2.45) is 0 Å². The lowest BCUT2D eigenvalue weighted by molar-refractivity contribution is -0.140. The highest BCUT2D eigenvalue weighted by Gasteiger charge is 2.37. The van der Waals surface area contributed by atoms with E-state index >= 15 is 0 Å². The number of nitrogens with zero attached hydrogens (tertiary/aromatic N) is 2. The van der Waals surface area contributed by atoms with Crippen LogP contribution >= 0.6 is 11.3 Å². The number of aryl methyl sites for hydroxylation is 1. The van der Waals surface area contributed by atoms with Crippen LogP contribution in [0, 0.1) is 6.92 Å². The van der Waals surface area contributed by atoms with E-state index in [4.69, 9.17) is 0 Å². The Kier molecular flexibility index (Phi) is 4.62. The Morgan fingerprint density at radius 2 is 2.04 bits per heavy atom. The van der Waals surface area contributed by atoms with Crippen LogP contribution < -0.4 is 0 Å². The van der Waals surface area contributed by atoms with Gasteiger partial charge in [0.1, 0.15) is 0 Å². The van der Waals surface area contributed by atoms with Gasteiger partial charge in [0.15, 0.2) is 0 Å². The van der Waals surface area contributed by atoms with Gasteiger partial charge in [-0.25, -0.2) is 4.98 Å². The van der Waals surface area contributed by atoms with E-state index in [1.165, 1.54) is 23.5 Å². The molecule has 1 amide bonds. The van der Waals surface area contributed by atoms with Gasteiger partial charge in [-0.1, -0.05) is 18.2 Å². The molecule has 3 nitrogen and oxygen atoms in total. The van der Waals surface area contributed by atoms with Crippen LogP contribution in [0.5, 0.6) is 0 Å². The van der Waals surface area contributed by atoms with Crippen molar-refractivity contribution in [2.45, 2.75) is 44.9 Å². The lowest BCUT2D eigenvalue weighted by Crippen LogP contribution is -2.34. The van der Waals surface area contributed by atoms with Gasteiger partial charge in [-0.3, -0.25) is 4.79 Å². The average molecular weight is 354 g/mol. The van der Waals surface area contributed by atoms with Crippen LogP contribution in [-0.4, -0.2) is 21.8 Å². The molecule has 3 rings (SSSR count). The summed E-state index contributed by atoms with van der Waals surface area (Å²) in [7, 11) is 0. The SMILES string of the molecule is Cc1nc(CC(=O)N(Cc2ccccc2C(F)(F)F)C2CC2)cs1. The molecule has 2 aromatic rings. The molecular weight excluding hydrogens is 337 g/mol. The summed E-state index contributed by atoms with van der Waals surface area (Å²) in [5.41, 5.74) is 0.143. The van der Waals surface area contributed by atoms with Crippen LogP contribution in [0.2, 0.25) is 0 Å². The summed E-state index contributed by atoms with van der Waals surface area (Å²) in [6, 6.07) is 5.49. The first kappa shape index (κ1) is 17.0. The number of halogens is 3. The second kappa shape index (κ2) is 6.55. The molecule has 0 N–H and O–H groups in total. The van der Waals surface area contributed by atoms with E-state index in [2.05, 4.69) is 4.98 Å². The highest BCUT2D eigenvalue weighted by Crippen LogP contribution is 2.35. The molecule has 7 heteroatoms. The smallest absolute Gasteiger partial charge is 0.335 e. The predicted octanol–water partition coefficient (Wildman–Crippen LogP) is 4.20. The van der Waals surface area contributed by atoms with Crippen molar-refractivity contribution < 1.29 is 18.0 Å². The number of hydrogen-bond acceptors (Lipinski definition) is 3. The molecule has 128 valence electrons. The largest absolute Gasteiger partial charge is 0.416 e. The van der Waals surface area contributed by atoms with Gasteiger partial charge >= 0.3 is 6.18 Å². The van der Waals surface area contributed by atoms with Crippen molar-refractivity contribution in [3.63, 3.8) is 0 Å². The van der Waals surface area contributed by atoms with Crippen molar-refractivity contribution >= 4 is 17.2 Å². The van der Waals surface area contributed by atoms with Crippen molar-refractivity contribution in [1.82, 2.24) is 9.88 Å². The molecule has 24 heavy (non-hydrogen) atoms. The number of benzene rings is 1. The van der Waals surface area contributed by atoms with Crippen molar-refractivity contribution in [3.05, 3.63) is 51.5 Å². The zero-order valence-corrected chi connectivity index (χ0v) is 14.0. The zero-order chi connectivity index (χ0) is 17.3. The molecule has 1 heterocycles. The monoisotopic (exact) mass is 354 g/mol. The third kappa shape index (κ3) is 3.95. The van der Waals surface area contributed by atoms with Gasteiger partial charge in [0.2, 0.25) is 5.91 Å². The van der Waals surface area contributed by atoms with Crippen molar-refractivity contribution in [1.29, 1.82) is 0 Å². The van der Waals surface area contributed by atoms with Gasteiger partial charge in [0.05, 0.1) is 22.7 Å². The minimum absolute atomic E-state index is 0.0116. The van der Waals surface area contributed by atoms with Gasteiger partial charge in [0.25, 0.3) is 0 Å². The van der Waals surface area contributed by atoms with Gasteiger partial charge in [-0.2, -0.15) is 13.2 Å². The molecule has 1 fully saturated rings. The Labute approximate surface area is 142 Å². The van der Waals surface area contributed by atoms with E-state index in [1.807, 2.05) is 12.3 Å². The van der Waals surface area contributed by atoms with Crippen LogP contribution in [0.1, 0.15) is 34.7 Å². The molecule has 1 aromatic carbocycles. The Morgan fingerprint density at radius 1 is 1.33 bits per heavy atom. The first-order chi connectivity index (χ1) is 11.3. The summed E-state index contributed by atoms with van der Waals surface area (Å²) in [6.45, 7) is 1.85. The van der Waals surface area contributed by atoms with E-state index < -0.39 is 11.7 Å². The maximum atomic E-state index is 13.2. The Bertz CT molecular complexity index is 737. The van der Waals surface area contributed by atoms with Gasteiger partial charge in [-0.15, -0.1) is 11.3 Å². The zero-order valence-electron chi connectivity index (χ0n) is 13.1. The predicted molar refractivity (Wildman–Crippen MR) is 85.6 cm³/mol. The quantitative estimate of drug-likeness (QED) is 0.806. The average Bonchev–Trinajstić information content (AvgIpc) is 3.27. The number of aromatic nitrogens is 1. The molecular formula is C17H17F3N2OS. The third-order valence-electron chi connectivity index (χ3n) is 3.97. The molecule has 0 radical (unpaired) electrons. The number of amides is 1. The molecule has 1 saturated carbocycles. The van der Waals surface area contributed by atoms with Crippen LogP contribution in [0.4, 0.5) is 13.2 Å². The van der Waals surface area contributed by atoms with Gasteiger partial charge < -0.3 is 4.90 Å². The summed E-state index contributed by atoms with van der Waals surface area (Å²) in [5, 5.41) is 2.69. The molecule has 1 aliphatic carbocycles. The number of rotatable bonds is 5. The Morgan fingerprint density at radius 3 is 2.62 bits per heavy atom. The Hall–Kier alpha value is -1.89. The lowest BCUT2D eigenvalue weighted by atomic mass is 10.1. The van der Waals surface area contributed by atoms with Gasteiger partial charge in [0, 0.05) is 18.0 Å². The fraction of sp³-hybridized carbons (Fsp3) is 0.412. The minimum Gasteiger partial charge on any atom is -0.335 e. The van der Waals surface area contributed by atoms with Crippen LogP contribution in [0.3, 0.4) is 0 Å². The summed E-state index contributed by atoms with van der Waals surface area (Å²) in [4.78, 5) is 18.4. The molecule has 0 bridgehead atoms. The second-order valence-electron chi connectivity index (χ2n) is 5.94. The van der Waals surface area contributed by atoms with E-state index in [0.29, 0.717) is 5.69 Å². The van der Waals surface area contributed by atoms with E-state index in [0.717, 1.165) is 23.9 Å². The third-order valence-corrected chi connectivity index (χ3v) is 4.79. The molecule has 0 saturated heterocycles. The molecule has 0 aliphatic heterocycles. The fourth-order valence-electron chi connectivity index (χ4n) is 2.67. The molecule has 0 spiro atoms. The first-order valence-corrected chi connectivity index (χ1v) is 8.58. The van der Waals surface area contributed by atoms with Crippen LogP contribution in [0.15, 0.2) is 29.6 Å². The summed E-state index contributed by atoms with van der Waals surface area (Å²) >= 11 is 1.46. The number of carbonyl (C=O) groups excluding carboxylic acids is 1. The first-order valence-electron chi connectivity index (χ1n) is 7.70. The van der Waals surface area contributed by atoms with Crippen LogP contribution in [-0.2, 0) is 23.9 Å². The number of thiazole rings is 1. The van der Waals surface area contributed by atoms with Crippen molar-refractivity contribution in [2.75, 3.05) is 0 Å². The van der Waals surface area contributed by atoms with Gasteiger partial charge in [-0.05, 0) is 31.4 Å². The van der Waals surface area contributed by atoms with Crippen LogP contribution in [0.25, 0.3) is 0 Å². The number of hydrogen-bond donors (Lipinski definition) is 0. The number of alkyl halides is 3. The summed E-state index contributed by atoms with van der Waals surface area (Å²) in [6.07, 6.45) is -2.60. The second-order valence-corrected chi connectivity index (χ2v) is 7.00. The molecule has 1 aromatic heterocycles. The topological polar surface area (TPSA) is 33.2 Å². The maximum Gasteiger partial charge on any atom is 0.416 e. The maximum absolute atomic E-state index is 13.2. The molecule has 0 atom stereocenters. The minimum atomic E-state index is -4.42. The van der Waals surface area contributed by atoms with E-state index in [9.17, 15) is 18.0 Å². The fourth-order valence-corrected chi connectivity index (χ4v) is 3.28. The summed E-state index contributed by atoms with van der Waals surface area (Å²) in [5.74, 6) is -0.167. The van der Waals surface area contributed by atoms with Crippen molar-refractivity contribution in [3.8, 4) is 0 Å². The number of carbonyl (C=O) groups is 1. The Balaban J connectivity index is 1.79. The van der Waals surface area contributed by atoms with E-state index in [-0.39, 0.29) is 30.5 Å². The highest BCUT2D eigenvalue weighted by atomic mass is 32.1. The standard InChI is InChI=1S/C17H17F3N2OS/c1-11-21-13(10-24-11)8-16(23)22(14-6-7-14)9-12-4-2-3-5-15(12)17(18,19)20/h2-5,10,14H,6-9H2,1H3. The lowest BCUT2D eigenvalue weighted by Gasteiger charge is -2.24. The highest BCUT2D eigenvalue weighted by molar-refractivity contribution is 7.09. The normalized spacial score (nSPS) is 14.7. The van der Waals surface area contributed by atoms with E-state index in [1.54, 1.807) is 11.0 Å². The molecule has 1 aliphatic rings.